The van der Waals surface area contributed by atoms with Gasteiger partial charge in [-0.1, -0.05) is 0 Å². The zero-order valence-corrected chi connectivity index (χ0v) is 11.2. The van der Waals surface area contributed by atoms with Crippen molar-refractivity contribution < 1.29 is 24.5 Å². The van der Waals surface area contributed by atoms with Crippen LogP contribution in [0.2, 0.25) is 0 Å². The fourth-order valence-corrected chi connectivity index (χ4v) is 2.42. The lowest BCUT2D eigenvalue weighted by molar-refractivity contribution is -0.143. The van der Waals surface area contributed by atoms with Gasteiger partial charge in [0.15, 0.2) is 11.5 Å². The molecule has 0 radical (unpaired) electrons. The summed E-state index contributed by atoms with van der Waals surface area (Å²) in [5, 5.41) is 18.9. The van der Waals surface area contributed by atoms with Gasteiger partial charge in [-0.3, -0.25) is 4.79 Å². The maximum atomic E-state index is 12.4. The van der Waals surface area contributed by atoms with Crippen molar-refractivity contribution in [2.75, 3.05) is 13.7 Å². The number of likely N-dealkylation sites (tertiary alicyclic amines) is 1. The molecule has 1 aromatic rings. The second-order valence-electron chi connectivity index (χ2n) is 4.73. The van der Waals surface area contributed by atoms with Crippen LogP contribution in [-0.4, -0.2) is 46.7 Å². The summed E-state index contributed by atoms with van der Waals surface area (Å²) in [6.07, 6.45) is 2.05. The van der Waals surface area contributed by atoms with Gasteiger partial charge in [-0.2, -0.15) is 0 Å². The average Bonchev–Trinajstić information content (AvgIpc) is 2.46. The predicted molar refractivity (Wildman–Crippen MR) is 71.0 cm³/mol. The van der Waals surface area contributed by atoms with Crippen molar-refractivity contribution >= 4 is 11.9 Å². The van der Waals surface area contributed by atoms with E-state index in [-0.39, 0.29) is 23.0 Å². The third-order valence-electron chi connectivity index (χ3n) is 3.47. The molecule has 6 heteroatoms. The van der Waals surface area contributed by atoms with E-state index in [1.807, 2.05) is 0 Å². The highest BCUT2D eigenvalue weighted by Gasteiger charge is 2.32. The quantitative estimate of drug-likeness (QED) is 0.875. The zero-order chi connectivity index (χ0) is 14.7. The van der Waals surface area contributed by atoms with Gasteiger partial charge in [0.25, 0.3) is 5.91 Å². The van der Waals surface area contributed by atoms with Crippen molar-refractivity contribution in [1.29, 1.82) is 0 Å². The summed E-state index contributed by atoms with van der Waals surface area (Å²) in [6, 6.07) is 3.52. The summed E-state index contributed by atoms with van der Waals surface area (Å²) in [7, 11) is 1.42. The fourth-order valence-electron chi connectivity index (χ4n) is 2.42. The molecule has 1 amide bonds. The van der Waals surface area contributed by atoms with Crippen LogP contribution in [0.25, 0.3) is 0 Å². The molecule has 1 aliphatic heterocycles. The molecule has 2 rings (SSSR count). The normalized spacial score (nSPS) is 18.6. The summed E-state index contributed by atoms with van der Waals surface area (Å²) in [5.41, 5.74) is 0.261. The van der Waals surface area contributed by atoms with E-state index >= 15 is 0 Å². The van der Waals surface area contributed by atoms with E-state index in [0.29, 0.717) is 13.0 Å². The number of piperidine rings is 1. The smallest absolute Gasteiger partial charge is 0.326 e. The number of nitrogens with zero attached hydrogens (tertiary/aromatic N) is 1. The zero-order valence-electron chi connectivity index (χ0n) is 11.2. The molecule has 0 aliphatic carbocycles. The first kappa shape index (κ1) is 14.2. The Hall–Kier alpha value is -2.24. The largest absolute Gasteiger partial charge is 0.504 e. The Bertz CT molecular complexity index is 528. The topological polar surface area (TPSA) is 87.1 Å². The van der Waals surface area contributed by atoms with Crippen molar-refractivity contribution in [2.24, 2.45) is 0 Å². The second kappa shape index (κ2) is 5.81. The highest BCUT2D eigenvalue weighted by molar-refractivity contribution is 5.97. The number of ether oxygens (including phenoxy) is 1. The minimum atomic E-state index is -0.990. The molecule has 1 heterocycles. The van der Waals surface area contributed by atoms with E-state index in [1.54, 1.807) is 0 Å². The van der Waals surface area contributed by atoms with E-state index in [4.69, 9.17) is 4.74 Å². The van der Waals surface area contributed by atoms with Gasteiger partial charge in [0.05, 0.1) is 7.11 Å². The first-order valence-electron chi connectivity index (χ1n) is 6.45. The molecule has 20 heavy (non-hydrogen) atoms. The summed E-state index contributed by atoms with van der Waals surface area (Å²) < 4.78 is 4.92. The molecular weight excluding hydrogens is 262 g/mol. The van der Waals surface area contributed by atoms with Crippen LogP contribution < -0.4 is 4.74 Å². The maximum absolute atomic E-state index is 12.4. The number of hydrogen-bond acceptors (Lipinski definition) is 4. The van der Waals surface area contributed by atoms with E-state index in [0.717, 1.165) is 12.8 Å². The van der Waals surface area contributed by atoms with Gasteiger partial charge in [0.1, 0.15) is 6.04 Å². The third-order valence-corrected chi connectivity index (χ3v) is 3.47. The van der Waals surface area contributed by atoms with Gasteiger partial charge < -0.3 is 19.8 Å². The lowest BCUT2D eigenvalue weighted by Crippen LogP contribution is -2.47. The standard InChI is InChI=1S/C14H17NO5/c1-20-12-6-5-9(8-11(12)16)13(17)15-7-3-2-4-10(15)14(18)19/h5-6,8,10,16H,2-4,7H2,1H3,(H,18,19)/t10-/m0/s1. The molecule has 0 aromatic heterocycles. The second-order valence-corrected chi connectivity index (χ2v) is 4.73. The number of amides is 1. The molecule has 2 N–H and O–H groups in total. The lowest BCUT2D eigenvalue weighted by Gasteiger charge is -2.33. The van der Waals surface area contributed by atoms with Crippen molar-refractivity contribution in [1.82, 2.24) is 4.90 Å². The molecule has 0 bridgehead atoms. The molecule has 108 valence electrons. The van der Waals surface area contributed by atoms with Gasteiger partial charge in [-0.25, -0.2) is 4.79 Å². The number of methoxy groups -OCH3 is 1. The van der Waals surface area contributed by atoms with Crippen LogP contribution in [0, 0.1) is 0 Å². The Kier molecular flexibility index (Phi) is 4.12. The summed E-state index contributed by atoms with van der Waals surface area (Å²) in [5.74, 6) is -1.23. The van der Waals surface area contributed by atoms with Gasteiger partial charge in [0, 0.05) is 12.1 Å². The van der Waals surface area contributed by atoms with Crippen LogP contribution >= 0.6 is 0 Å². The molecule has 1 fully saturated rings. The minimum absolute atomic E-state index is 0.137. The summed E-state index contributed by atoms with van der Waals surface area (Å²) >= 11 is 0. The molecule has 1 aliphatic rings. The number of benzene rings is 1. The highest BCUT2D eigenvalue weighted by atomic mass is 16.5. The first-order valence-corrected chi connectivity index (χ1v) is 6.45. The van der Waals surface area contributed by atoms with Crippen molar-refractivity contribution in [3.8, 4) is 11.5 Å². The Labute approximate surface area is 116 Å². The molecule has 0 saturated carbocycles. The molecule has 0 unspecified atom stereocenters. The van der Waals surface area contributed by atoms with Crippen LogP contribution in [-0.2, 0) is 4.79 Å². The summed E-state index contributed by atoms with van der Waals surface area (Å²) in [6.45, 7) is 0.419. The van der Waals surface area contributed by atoms with Gasteiger partial charge >= 0.3 is 5.97 Å². The van der Waals surface area contributed by atoms with E-state index in [9.17, 15) is 19.8 Å². The van der Waals surface area contributed by atoms with Gasteiger partial charge in [-0.15, -0.1) is 0 Å². The Morgan fingerprint density at radius 3 is 2.70 bits per heavy atom. The number of rotatable bonds is 3. The van der Waals surface area contributed by atoms with E-state index in [1.165, 1.54) is 30.2 Å². The monoisotopic (exact) mass is 279 g/mol. The lowest BCUT2D eigenvalue weighted by atomic mass is 10.0. The number of hydrogen-bond donors (Lipinski definition) is 2. The number of phenols is 1. The van der Waals surface area contributed by atoms with Gasteiger partial charge in [0.2, 0.25) is 0 Å². The van der Waals surface area contributed by atoms with Crippen LogP contribution in [0.4, 0.5) is 0 Å². The van der Waals surface area contributed by atoms with Crippen LogP contribution in [0.15, 0.2) is 18.2 Å². The third kappa shape index (κ3) is 2.68. The highest BCUT2D eigenvalue weighted by Crippen LogP contribution is 2.28. The molecule has 1 aromatic carbocycles. The number of carbonyl (C=O) groups excluding carboxylic acids is 1. The number of aliphatic carboxylic acids is 1. The predicted octanol–water partition coefficient (Wildman–Crippen LogP) is 1.48. The Balaban J connectivity index is 2.25. The SMILES string of the molecule is COc1ccc(C(=O)N2CCCC[C@H]2C(=O)O)cc1O. The van der Waals surface area contributed by atoms with Crippen molar-refractivity contribution in [2.45, 2.75) is 25.3 Å². The van der Waals surface area contributed by atoms with Crippen molar-refractivity contribution in [3.05, 3.63) is 23.8 Å². The summed E-state index contributed by atoms with van der Waals surface area (Å²) in [4.78, 5) is 24.9. The molecule has 1 atom stereocenters. The number of carbonyl (C=O) groups is 2. The van der Waals surface area contributed by atoms with E-state index in [2.05, 4.69) is 0 Å². The Morgan fingerprint density at radius 2 is 2.10 bits per heavy atom. The van der Waals surface area contributed by atoms with Crippen molar-refractivity contribution in [3.63, 3.8) is 0 Å². The average molecular weight is 279 g/mol. The Morgan fingerprint density at radius 1 is 1.35 bits per heavy atom. The first-order chi connectivity index (χ1) is 9.54. The van der Waals surface area contributed by atoms with Crippen LogP contribution in [0.5, 0.6) is 11.5 Å². The fraction of sp³-hybridized carbons (Fsp3) is 0.429. The van der Waals surface area contributed by atoms with Crippen LogP contribution in [0.1, 0.15) is 29.6 Å². The number of carboxylic acid groups (broad SMARTS) is 1. The molecule has 1 saturated heterocycles. The molecule has 6 nitrogen and oxygen atoms in total. The number of carboxylic acids is 1. The maximum Gasteiger partial charge on any atom is 0.326 e. The van der Waals surface area contributed by atoms with Crippen LogP contribution in [0.3, 0.4) is 0 Å². The molecular formula is C14H17NO5. The van der Waals surface area contributed by atoms with E-state index < -0.39 is 12.0 Å². The number of aromatic hydroxyl groups is 1. The minimum Gasteiger partial charge on any atom is -0.504 e. The molecule has 0 spiro atoms. The van der Waals surface area contributed by atoms with Gasteiger partial charge in [-0.05, 0) is 37.5 Å². The number of phenolic OH excluding ortho intramolecular Hbond substituents is 1.